The van der Waals surface area contributed by atoms with Gasteiger partial charge in [0.1, 0.15) is 12.4 Å². The minimum atomic E-state index is -0.369. The standard InChI is InChI=1S/C25H23Br3N2O4/c1-3-32-22-10-7-17(12-23(22)33-4-2)25(31)30-29-14-18-11-20(27)13-21(28)24(18)34-15-16-5-8-19(26)9-6-16/h5-14H,3-4,15H2,1-2H3,(H,30,31)/b29-14+. The lowest BCUT2D eigenvalue weighted by molar-refractivity contribution is 0.0954. The molecule has 0 heterocycles. The van der Waals surface area contributed by atoms with Gasteiger partial charge in [-0.25, -0.2) is 5.43 Å². The number of amides is 1. The third kappa shape index (κ3) is 7.32. The van der Waals surface area contributed by atoms with Gasteiger partial charge in [0, 0.05) is 20.1 Å². The van der Waals surface area contributed by atoms with E-state index in [-0.39, 0.29) is 5.91 Å². The normalized spacial score (nSPS) is 10.9. The van der Waals surface area contributed by atoms with E-state index in [0.29, 0.717) is 48.2 Å². The van der Waals surface area contributed by atoms with Crippen LogP contribution in [0.2, 0.25) is 0 Å². The third-order valence-corrected chi connectivity index (χ3v) is 6.08. The lowest BCUT2D eigenvalue weighted by Gasteiger charge is -2.13. The number of rotatable bonds is 10. The Balaban J connectivity index is 1.74. The molecule has 9 heteroatoms. The van der Waals surface area contributed by atoms with Gasteiger partial charge in [-0.05, 0) is 77.8 Å². The molecule has 0 saturated heterocycles. The maximum absolute atomic E-state index is 12.6. The predicted molar refractivity (Wildman–Crippen MR) is 144 cm³/mol. The van der Waals surface area contributed by atoms with E-state index in [2.05, 4.69) is 58.3 Å². The van der Waals surface area contributed by atoms with Crippen LogP contribution in [-0.4, -0.2) is 25.3 Å². The second-order valence-electron chi connectivity index (χ2n) is 6.95. The van der Waals surface area contributed by atoms with Crippen molar-refractivity contribution in [1.82, 2.24) is 5.43 Å². The molecule has 0 aliphatic rings. The van der Waals surface area contributed by atoms with Gasteiger partial charge in [0.15, 0.2) is 11.5 Å². The number of ether oxygens (including phenoxy) is 3. The van der Waals surface area contributed by atoms with Gasteiger partial charge in [0.05, 0.1) is 23.9 Å². The van der Waals surface area contributed by atoms with Crippen molar-refractivity contribution in [3.05, 3.63) is 84.7 Å². The lowest BCUT2D eigenvalue weighted by Crippen LogP contribution is -2.18. The Morgan fingerprint density at radius 3 is 2.29 bits per heavy atom. The van der Waals surface area contributed by atoms with E-state index in [4.69, 9.17) is 14.2 Å². The quantitative estimate of drug-likeness (QED) is 0.187. The maximum atomic E-state index is 12.6. The van der Waals surface area contributed by atoms with E-state index in [1.165, 1.54) is 0 Å². The summed E-state index contributed by atoms with van der Waals surface area (Å²) in [6.07, 6.45) is 1.54. The van der Waals surface area contributed by atoms with Gasteiger partial charge in [-0.15, -0.1) is 0 Å². The van der Waals surface area contributed by atoms with Crippen molar-refractivity contribution in [1.29, 1.82) is 0 Å². The molecule has 6 nitrogen and oxygen atoms in total. The zero-order valence-corrected chi connectivity index (χ0v) is 23.4. The molecule has 0 unspecified atom stereocenters. The SMILES string of the molecule is CCOc1ccc(C(=O)N/N=C/c2cc(Br)cc(Br)c2OCc2ccc(Br)cc2)cc1OCC. The second kappa shape index (κ2) is 12.9. The van der Waals surface area contributed by atoms with Crippen molar-refractivity contribution in [3.63, 3.8) is 0 Å². The molecule has 3 aromatic carbocycles. The molecule has 178 valence electrons. The van der Waals surface area contributed by atoms with Crippen LogP contribution < -0.4 is 19.6 Å². The molecule has 1 N–H and O–H groups in total. The summed E-state index contributed by atoms with van der Waals surface area (Å²) in [6, 6.07) is 16.7. The third-order valence-electron chi connectivity index (χ3n) is 4.51. The highest BCUT2D eigenvalue weighted by Crippen LogP contribution is 2.33. The van der Waals surface area contributed by atoms with Crippen LogP contribution >= 0.6 is 47.8 Å². The monoisotopic (exact) mass is 652 g/mol. The fraction of sp³-hybridized carbons (Fsp3) is 0.200. The summed E-state index contributed by atoms with van der Waals surface area (Å²) in [5.41, 5.74) is 4.68. The van der Waals surface area contributed by atoms with E-state index in [0.717, 1.165) is 19.0 Å². The summed E-state index contributed by atoms with van der Waals surface area (Å²) >= 11 is 10.5. The number of hydrazone groups is 1. The smallest absolute Gasteiger partial charge is 0.271 e. The van der Waals surface area contributed by atoms with Gasteiger partial charge < -0.3 is 14.2 Å². The molecular formula is C25H23Br3N2O4. The number of hydrogen-bond donors (Lipinski definition) is 1. The fourth-order valence-corrected chi connectivity index (χ4v) is 4.62. The van der Waals surface area contributed by atoms with Crippen molar-refractivity contribution in [3.8, 4) is 17.2 Å². The Morgan fingerprint density at radius 1 is 0.882 bits per heavy atom. The molecule has 1 amide bonds. The number of hydrogen-bond acceptors (Lipinski definition) is 5. The first-order chi connectivity index (χ1) is 16.4. The van der Waals surface area contributed by atoms with E-state index in [1.54, 1.807) is 24.4 Å². The van der Waals surface area contributed by atoms with Crippen molar-refractivity contribution < 1.29 is 19.0 Å². The first kappa shape index (κ1) is 26.2. The molecule has 0 aliphatic carbocycles. The highest BCUT2D eigenvalue weighted by molar-refractivity contribution is 9.11. The van der Waals surface area contributed by atoms with Crippen LogP contribution in [0, 0.1) is 0 Å². The molecule has 0 bridgehead atoms. The molecule has 0 spiro atoms. The number of halogens is 3. The zero-order valence-electron chi connectivity index (χ0n) is 18.6. The Hall–Kier alpha value is -2.36. The largest absolute Gasteiger partial charge is 0.490 e. The summed E-state index contributed by atoms with van der Waals surface area (Å²) in [6.45, 7) is 5.11. The molecule has 0 atom stereocenters. The first-order valence-electron chi connectivity index (χ1n) is 10.5. The first-order valence-corrected chi connectivity index (χ1v) is 12.9. The van der Waals surface area contributed by atoms with Crippen molar-refractivity contribution in [2.24, 2.45) is 5.10 Å². The Bertz CT molecular complexity index is 1170. The average molecular weight is 655 g/mol. The van der Waals surface area contributed by atoms with Crippen LogP contribution in [0.15, 0.2) is 73.1 Å². The molecule has 34 heavy (non-hydrogen) atoms. The van der Waals surface area contributed by atoms with Crippen LogP contribution in [-0.2, 0) is 6.61 Å². The molecular weight excluding hydrogens is 632 g/mol. The zero-order chi connectivity index (χ0) is 24.5. The molecule has 0 radical (unpaired) electrons. The molecule has 0 fully saturated rings. The second-order valence-corrected chi connectivity index (χ2v) is 9.63. The minimum Gasteiger partial charge on any atom is -0.490 e. The van der Waals surface area contributed by atoms with Gasteiger partial charge in [-0.1, -0.05) is 44.0 Å². The number of nitrogens with one attached hydrogen (secondary N) is 1. The molecule has 3 rings (SSSR count). The van der Waals surface area contributed by atoms with Crippen LogP contribution in [0.4, 0.5) is 0 Å². The van der Waals surface area contributed by atoms with Crippen molar-refractivity contribution in [2.45, 2.75) is 20.5 Å². The number of nitrogens with zero attached hydrogens (tertiary/aromatic N) is 1. The van der Waals surface area contributed by atoms with E-state index < -0.39 is 0 Å². The summed E-state index contributed by atoms with van der Waals surface area (Å²) < 4.78 is 19.8. The molecule has 0 aromatic heterocycles. The molecule has 3 aromatic rings. The van der Waals surface area contributed by atoms with Gasteiger partial charge in [-0.2, -0.15) is 5.10 Å². The summed E-state index contributed by atoms with van der Waals surface area (Å²) in [5, 5.41) is 4.14. The maximum Gasteiger partial charge on any atom is 0.271 e. The average Bonchev–Trinajstić information content (AvgIpc) is 2.81. The van der Waals surface area contributed by atoms with Crippen LogP contribution in [0.5, 0.6) is 17.2 Å². The highest BCUT2D eigenvalue weighted by Gasteiger charge is 2.12. The fourth-order valence-electron chi connectivity index (χ4n) is 2.98. The minimum absolute atomic E-state index is 0.369. The Labute approximate surface area is 224 Å². The van der Waals surface area contributed by atoms with Gasteiger partial charge in [0.25, 0.3) is 5.91 Å². The van der Waals surface area contributed by atoms with Crippen LogP contribution in [0.1, 0.15) is 35.3 Å². The van der Waals surface area contributed by atoms with Crippen LogP contribution in [0.25, 0.3) is 0 Å². The summed E-state index contributed by atoms with van der Waals surface area (Å²) in [7, 11) is 0. The molecule has 0 saturated carbocycles. The Morgan fingerprint density at radius 2 is 1.59 bits per heavy atom. The van der Waals surface area contributed by atoms with Gasteiger partial charge in [0.2, 0.25) is 0 Å². The van der Waals surface area contributed by atoms with E-state index in [1.807, 2.05) is 50.2 Å². The van der Waals surface area contributed by atoms with E-state index >= 15 is 0 Å². The van der Waals surface area contributed by atoms with E-state index in [9.17, 15) is 4.79 Å². The highest BCUT2D eigenvalue weighted by atomic mass is 79.9. The summed E-state index contributed by atoms with van der Waals surface area (Å²) in [5.74, 6) is 1.35. The van der Waals surface area contributed by atoms with Crippen molar-refractivity contribution in [2.75, 3.05) is 13.2 Å². The predicted octanol–water partition coefficient (Wildman–Crippen LogP) is 7.11. The topological polar surface area (TPSA) is 69.2 Å². The van der Waals surface area contributed by atoms with Gasteiger partial charge in [-0.3, -0.25) is 4.79 Å². The summed E-state index contributed by atoms with van der Waals surface area (Å²) in [4.78, 5) is 12.6. The molecule has 0 aliphatic heterocycles. The van der Waals surface area contributed by atoms with Gasteiger partial charge >= 0.3 is 0 Å². The Kier molecular flexibility index (Phi) is 9.98. The number of carbonyl (C=O) groups excluding carboxylic acids is 1. The number of carbonyl (C=O) groups is 1. The lowest BCUT2D eigenvalue weighted by atomic mass is 10.2. The van der Waals surface area contributed by atoms with Crippen molar-refractivity contribution >= 4 is 59.9 Å². The van der Waals surface area contributed by atoms with Crippen LogP contribution in [0.3, 0.4) is 0 Å². The number of benzene rings is 3.